The van der Waals surface area contributed by atoms with E-state index in [0.717, 1.165) is 17.9 Å². The predicted octanol–water partition coefficient (Wildman–Crippen LogP) is 5.69. The fraction of sp³-hybridized carbons (Fsp3) is 0.393. The molecule has 0 radical (unpaired) electrons. The van der Waals surface area contributed by atoms with Crippen molar-refractivity contribution in [3.05, 3.63) is 71.3 Å². The van der Waals surface area contributed by atoms with Crippen LogP contribution in [0.2, 0.25) is 0 Å². The Morgan fingerprint density at radius 3 is 2.53 bits per heavy atom. The standard InChI is InChI=1S/C28H35N5O2S/c1-8-32-17(2)15-20(18(32)3)25-24(22-11-9-10-14-29-22)31-27(36)33(25)19-12-13-21(23(16-19)35-7)30-26(34)28(4,5)6/h9-16,24-25H,8H2,1-7H3,(H,30,34)(H,31,36)/t24-,25+/m1/s1. The van der Waals surface area contributed by atoms with Crippen molar-refractivity contribution in [3.63, 3.8) is 0 Å². The van der Waals surface area contributed by atoms with E-state index < -0.39 is 5.41 Å². The van der Waals surface area contributed by atoms with Crippen molar-refractivity contribution in [2.75, 3.05) is 17.3 Å². The summed E-state index contributed by atoms with van der Waals surface area (Å²) in [7, 11) is 1.61. The Labute approximate surface area is 218 Å². The smallest absolute Gasteiger partial charge is 0.229 e. The van der Waals surface area contributed by atoms with E-state index >= 15 is 0 Å². The number of aromatic nitrogens is 2. The van der Waals surface area contributed by atoms with Crippen LogP contribution in [0.5, 0.6) is 5.75 Å². The third-order valence-electron chi connectivity index (χ3n) is 6.74. The molecule has 3 heterocycles. The number of anilines is 2. The number of ether oxygens (including phenoxy) is 1. The van der Waals surface area contributed by atoms with Gasteiger partial charge in [0.2, 0.25) is 5.91 Å². The first-order valence-corrected chi connectivity index (χ1v) is 12.6. The zero-order valence-corrected chi connectivity index (χ0v) is 22.9. The second kappa shape index (κ2) is 9.93. The van der Waals surface area contributed by atoms with Crippen molar-refractivity contribution in [1.82, 2.24) is 14.9 Å². The van der Waals surface area contributed by atoms with E-state index in [-0.39, 0.29) is 18.0 Å². The number of carbonyl (C=O) groups excluding carboxylic acids is 1. The minimum atomic E-state index is -0.521. The molecule has 190 valence electrons. The topological polar surface area (TPSA) is 71.4 Å². The molecule has 2 N–H and O–H groups in total. The van der Waals surface area contributed by atoms with Gasteiger partial charge in [-0.3, -0.25) is 9.78 Å². The summed E-state index contributed by atoms with van der Waals surface area (Å²) in [5.41, 5.74) is 5.52. The molecule has 1 saturated heterocycles. The van der Waals surface area contributed by atoms with Crippen molar-refractivity contribution in [3.8, 4) is 5.75 Å². The molecule has 1 aromatic carbocycles. The van der Waals surface area contributed by atoms with Gasteiger partial charge >= 0.3 is 0 Å². The molecule has 2 atom stereocenters. The van der Waals surface area contributed by atoms with Gasteiger partial charge in [0, 0.05) is 41.3 Å². The maximum atomic E-state index is 12.6. The summed E-state index contributed by atoms with van der Waals surface area (Å²) in [6, 6.07) is 13.7. The first-order valence-electron chi connectivity index (χ1n) is 12.2. The van der Waals surface area contributed by atoms with Crippen molar-refractivity contribution in [2.24, 2.45) is 5.41 Å². The molecule has 0 bridgehead atoms. The first-order chi connectivity index (χ1) is 17.1. The van der Waals surface area contributed by atoms with Crippen LogP contribution in [0.15, 0.2) is 48.7 Å². The van der Waals surface area contributed by atoms with Crippen molar-refractivity contribution >= 4 is 34.6 Å². The molecule has 3 aromatic rings. The Balaban J connectivity index is 1.81. The average Bonchev–Trinajstić information content (AvgIpc) is 3.33. The van der Waals surface area contributed by atoms with Crippen LogP contribution in [-0.4, -0.2) is 27.7 Å². The van der Waals surface area contributed by atoms with Crippen LogP contribution in [-0.2, 0) is 11.3 Å². The largest absolute Gasteiger partial charge is 0.494 e. The number of methoxy groups -OCH3 is 1. The Morgan fingerprint density at radius 1 is 1.19 bits per heavy atom. The number of aryl methyl sites for hydroxylation is 1. The van der Waals surface area contributed by atoms with Gasteiger partial charge in [-0.25, -0.2) is 0 Å². The second-order valence-electron chi connectivity index (χ2n) is 10.2. The lowest BCUT2D eigenvalue weighted by molar-refractivity contribution is -0.123. The van der Waals surface area contributed by atoms with Crippen molar-refractivity contribution in [2.45, 2.75) is 60.2 Å². The number of thiocarbonyl (C=S) groups is 1. The molecule has 0 spiro atoms. The highest BCUT2D eigenvalue weighted by Gasteiger charge is 2.42. The van der Waals surface area contributed by atoms with Crippen LogP contribution in [0.1, 0.15) is 62.4 Å². The Morgan fingerprint density at radius 2 is 1.94 bits per heavy atom. The third-order valence-corrected chi connectivity index (χ3v) is 7.05. The van der Waals surface area contributed by atoms with E-state index in [2.05, 4.69) is 51.9 Å². The normalized spacial score (nSPS) is 17.8. The minimum Gasteiger partial charge on any atom is -0.494 e. The summed E-state index contributed by atoms with van der Waals surface area (Å²) in [4.78, 5) is 19.4. The molecule has 0 unspecified atom stereocenters. The number of nitrogens with zero attached hydrogens (tertiary/aromatic N) is 3. The van der Waals surface area contributed by atoms with E-state index in [4.69, 9.17) is 17.0 Å². The number of pyridine rings is 1. The Hall–Kier alpha value is -3.39. The van der Waals surface area contributed by atoms with Gasteiger partial charge in [0.25, 0.3) is 0 Å². The molecule has 1 aliphatic heterocycles. The molecule has 1 aliphatic rings. The van der Waals surface area contributed by atoms with Crippen LogP contribution < -0.4 is 20.3 Å². The molecule has 2 aromatic heterocycles. The molecule has 1 amide bonds. The summed E-state index contributed by atoms with van der Waals surface area (Å²) < 4.78 is 8.01. The Kier molecular flexibility index (Phi) is 7.09. The SMILES string of the molecule is CCn1c(C)cc([C@H]2[C@@H](c3ccccn3)NC(=S)N2c2ccc(NC(=O)C(C)(C)C)c(OC)c2)c1C. The number of amides is 1. The van der Waals surface area contributed by atoms with Crippen molar-refractivity contribution in [1.29, 1.82) is 0 Å². The fourth-order valence-corrected chi connectivity index (χ4v) is 5.15. The number of hydrogen-bond acceptors (Lipinski definition) is 4. The molecule has 0 saturated carbocycles. The number of carbonyl (C=O) groups is 1. The van der Waals surface area contributed by atoms with Gasteiger partial charge in [0.05, 0.1) is 30.6 Å². The average molecular weight is 506 g/mol. The van der Waals surface area contributed by atoms with Gasteiger partial charge < -0.3 is 24.8 Å². The lowest BCUT2D eigenvalue weighted by Crippen LogP contribution is -2.30. The summed E-state index contributed by atoms with van der Waals surface area (Å²) >= 11 is 5.89. The molecule has 36 heavy (non-hydrogen) atoms. The molecule has 0 aliphatic carbocycles. The predicted molar refractivity (Wildman–Crippen MR) is 149 cm³/mol. The Bertz CT molecular complexity index is 1280. The van der Waals surface area contributed by atoms with E-state index in [9.17, 15) is 4.79 Å². The fourth-order valence-electron chi connectivity index (χ4n) is 4.81. The van der Waals surface area contributed by atoms with Gasteiger partial charge in [-0.2, -0.15) is 0 Å². The number of hydrogen-bond donors (Lipinski definition) is 2. The van der Waals surface area contributed by atoms with E-state index in [1.807, 2.05) is 63.4 Å². The molecule has 4 rings (SSSR count). The lowest BCUT2D eigenvalue weighted by Gasteiger charge is -2.29. The highest BCUT2D eigenvalue weighted by Crippen LogP contribution is 2.44. The van der Waals surface area contributed by atoms with Gasteiger partial charge in [0.15, 0.2) is 5.11 Å². The zero-order chi connectivity index (χ0) is 26.2. The maximum absolute atomic E-state index is 12.6. The molecule has 1 fully saturated rings. The van der Waals surface area contributed by atoms with Crippen LogP contribution in [0.25, 0.3) is 0 Å². The molecular weight excluding hydrogens is 470 g/mol. The number of benzene rings is 1. The summed E-state index contributed by atoms with van der Waals surface area (Å²) in [6.07, 6.45) is 1.81. The number of nitrogens with one attached hydrogen (secondary N) is 2. The molecular formula is C28H35N5O2S. The van der Waals surface area contributed by atoms with Gasteiger partial charge in [-0.1, -0.05) is 26.8 Å². The summed E-state index contributed by atoms with van der Waals surface area (Å²) in [6.45, 7) is 13.0. The highest BCUT2D eigenvalue weighted by atomic mass is 32.1. The number of rotatable bonds is 6. The molecule has 8 heteroatoms. The quantitative estimate of drug-likeness (QED) is 0.420. The summed E-state index contributed by atoms with van der Waals surface area (Å²) in [5, 5.41) is 7.13. The minimum absolute atomic E-state index is 0.0768. The van der Waals surface area contributed by atoms with Crippen LogP contribution in [0, 0.1) is 19.3 Å². The summed E-state index contributed by atoms with van der Waals surface area (Å²) in [5.74, 6) is 0.499. The maximum Gasteiger partial charge on any atom is 0.229 e. The zero-order valence-electron chi connectivity index (χ0n) is 22.0. The second-order valence-corrected chi connectivity index (χ2v) is 10.5. The monoisotopic (exact) mass is 505 g/mol. The van der Waals surface area contributed by atoms with Crippen LogP contribution >= 0.6 is 12.2 Å². The third kappa shape index (κ3) is 4.69. The lowest BCUT2D eigenvalue weighted by atomic mass is 9.95. The van der Waals surface area contributed by atoms with Gasteiger partial charge in [0.1, 0.15) is 5.75 Å². The van der Waals surface area contributed by atoms with Crippen LogP contribution in [0.3, 0.4) is 0 Å². The molecule has 7 nitrogen and oxygen atoms in total. The van der Waals surface area contributed by atoms with Gasteiger partial charge in [-0.05, 0) is 68.9 Å². The highest BCUT2D eigenvalue weighted by molar-refractivity contribution is 7.80. The van der Waals surface area contributed by atoms with E-state index in [1.54, 1.807) is 7.11 Å². The van der Waals surface area contributed by atoms with Crippen LogP contribution in [0.4, 0.5) is 11.4 Å². The van der Waals surface area contributed by atoms with Gasteiger partial charge in [-0.15, -0.1) is 0 Å². The van der Waals surface area contributed by atoms with Crippen molar-refractivity contribution < 1.29 is 9.53 Å². The van der Waals surface area contributed by atoms with E-state index in [1.165, 1.54) is 17.0 Å². The van der Waals surface area contributed by atoms with E-state index in [0.29, 0.717) is 16.5 Å². The first kappa shape index (κ1) is 25.7.